The van der Waals surface area contributed by atoms with Gasteiger partial charge in [0.2, 0.25) is 0 Å². The maximum absolute atomic E-state index is 5.90. The molecule has 0 radical (unpaired) electrons. The predicted octanol–water partition coefficient (Wildman–Crippen LogP) is 4.17. The van der Waals surface area contributed by atoms with Gasteiger partial charge >= 0.3 is 0 Å². The molecule has 3 nitrogen and oxygen atoms in total. The van der Waals surface area contributed by atoms with Crippen LogP contribution in [-0.2, 0) is 0 Å². The van der Waals surface area contributed by atoms with E-state index in [0.29, 0.717) is 5.11 Å². The van der Waals surface area contributed by atoms with Crippen LogP contribution in [0.25, 0.3) is 0 Å². The largest absolute Gasteiger partial charge is 0.356 e. The minimum atomic E-state index is 0.237. The summed E-state index contributed by atoms with van der Waals surface area (Å²) < 4.78 is 0.774. The Hall–Kier alpha value is -0.650. The molecule has 4 fully saturated rings. The molecular formula is C16H20ClN3S2. The fraction of sp³-hybridized carbons (Fsp3) is 0.625. The first kappa shape index (κ1) is 14.9. The van der Waals surface area contributed by atoms with E-state index in [1.165, 1.54) is 49.9 Å². The number of hydrogen-bond donors (Lipinski definition) is 2. The summed E-state index contributed by atoms with van der Waals surface area (Å²) in [5, 5.41) is 8.48. The quantitative estimate of drug-likeness (QED) is 0.486. The minimum absolute atomic E-state index is 0.237. The van der Waals surface area contributed by atoms with Gasteiger partial charge in [-0.3, -0.25) is 5.43 Å². The SMILES string of the molecule is S=C(N/N=C/c1ccc(Cl)s1)NC12CC3CC(CC(C3)C1)C2. The Labute approximate surface area is 145 Å². The van der Waals surface area contributed by atoms with Gasteiger partial charge in [-0.25, -0.2) is 0 Å². The predicted molar refractivity (Wildman–Crippen MR) is 96.7 cm³/mol. The molecule has 0 aromatic carbocycles. The van der Waals surface area contributed by atoms with Crippen LogP contribution >= 0.6 is 35.2 Å². The molecule has 22 heavy (non-hydrogen) atoms. The first-order valence-corrected chi connectivity index (χ1v) is 9.57. The van der Waals surface area contributed by atoms with E-state index in [2.05, 4.69) is 15.8 Å². The number of nitrogens with zero attached hydrogens (tertiary/aromatic N) is 1. The highest BCUT2D eigenvalue weighted by atomic mass is 35.5. The van der Waals surface area contributed by atoms with Crippen molar-refractivity contribution in [1.82, 2.24) is 10.7 Å². The highest BCUT2D eigenvalue weighted by Crippen LogP contribution is 2.55. The number of nitrogens with one attached hydrogen (secondary N) is 2. The van der Waals surface area contributed by atoms with Crippen molar-refractivity contribution in [3.63, 3.8) is 0 Å². The summed E-state index contributed by atoms with van der Waals surface area (Å²) in [6.07, 6.45) is 9.95. The van der Waals surface area contributed by atoms with Gasteiger partial charge < -0.3 is 5.32 Å². The fourth-order valence-corrected chi connectivity index (χ4v) is 6.29. The fourth-order valence-electron chi connectivity index (χ4n) is 5.08. The zero-order valence-electron chi connectivity index (χ0n) is 12.3. The lowest BCUT2D eigenvalue weighted by molar-refractivity contribution is -0.0101. The average Bonchev–Trinajstić information content (AvgIpc) is 2.82. The van der Waals surface area contributed by atoms with Crippen LogP contribution in [0.1, 0.15) is 43.4 Å². The van der Waals surface area contributed by atoms with Crippen LogP contribution in [0.2, 0.25) is 4.34 Å². The number of thiophene rings is 1. The molecule has 1 aromatic heterocycles. The highest BCUT2D eigenvalue weighted by molar-refractivity contribution is 7.80. The zero-order valence-corrected chi connectivity index (χ0v) is 14.7. The third kappa shape index (κ3) is 3.03. The molecule has 4 bridgehead atoms. The Morgan fingerprint density at radius 3 is 2.41 bits per heavy atom. The van der Waals surface area contributed by atoms with Crippen molar-refractivity contribution in [1.29, 1.82) is 0 Å². The van der Waals surface area contributed by atoms with Crippen LogP contribution in [-0.4, -0.2) is 16.9 Å². The summed E-state index contributed by atoms with van der Waals surface area (Å²) in [6, 6.07) is 3.83. The van der Waals surface area contributed by atoms with Crippen molar-refractivity contribution in [3.8, 4) is 0 Å². The number of halogens is 1. The van der Waals surface area contributed by atoms with Gasteiger partial charge in [-0.15, -0.1) is 11.3 Å². The molecule has 0 saturated heterocycles. The molecule has 1 aromatic rings. The van der Waals surface area contributed by atoms with Crippen molar-refractivity contribution in [2.24, 2.45) is 22.9 Å². The molecule has 4 aliphatic rings. The normalized spacial score (nSPS) is 36.0. The van der Waals surface area contributed by atoms with Gasteiger partial charge in [0.05, 0.1) is 10.6 Å². The Kier molecular flexibility index (Phi) is 3.91. The van der Waals surface area contributed by atoms with E-state index in [0.717, 1.165) is 27.0 Å². The molecule has 4 saturated carbocycles. The topological polar surface area (TPSA) is 36.4 Å². The molecule has 0 atom stereocenters. The van der Waals surface area contributed by atoms with Gasteiger partial charge in [-0.1, -0.05) is 11.6 Å². The molecule has 6 heteroatoms. The Morgan fingerprint density at radius 1 is 1.23 bits per heavy atom. The molecular weight excluding hydrogens is 334 g/mol. The van der Waals surface area contributed by atoms with Crippen molar-refractivity contribution < 1.29 is 0 Å². The van der Waals surface area contributed by atoms with Crippen LogP contribution in [0.3, 0.4) is 0 Å². The first-order chi connectivity index (χ1) is 10.6. The third-order valence-electron chi connectivity index (χ3n) is 5.37. The number of thiocarbonyl (C=S) groups is 1. The maximum atomic E-state index is 5.90. The number of hydrazone groups is 1. The van der Waals surface area contributed by atoms with Crippen LogP contribution in [0.4, 0.5) is 0 Å². The van der Waals surface area contributed by atoms with E-state index in [1.54, 1.807) is 6.21 Å². The number of hydrogen-bond acceptors (Lipinski definition) is 3. The van der Waals surface area contributed by atoms with Gasteiger partial charge in [0.15, 0.2) is 5.11 Å². The van der Waals surface area contributed by atoms with Crippen molar-refractivity contribution >= 4 is 46.5 Å². The van der Waals surface area contributed by atoms with E-state index in [1.807, 2.05) is 12.1 Å². The van der Waals surface area contributed by atoms with Crippen LogP contribution in [0.15, 0.2) is 17.2 Å². The second-order valence-electron chi connectivity index (χ2n) is 7.16. The molecule has 0 aliphatic heterocycles. The summed E-state index contributed by atoms with van der Waals surface area (Å²) in [5.74, 6) is 2.75. The lowest BCUT2D eigenvalue weighted by atomic mass is 9.53. The van der Waals surface area contributed by atoms with Gasteiger partial charge in [0.25, 0.3) is 0 Å². The standard InChI is InChI=1S/C16H20ClN3S2/c17-14-2-1-13(22-14)9-18-20-15(21)19-16-6-10-3-11(7-16)5-12(4-10)8-16/h1-2,9-12H,3-8H2,(H2,19,20,21)/b18-9+. The van der Waals surface area contributed by atoms with E-state index >= 15 is 0 Å². The maximum Gasteiger partial charge on any atom is 0.187 e. The molecule has 0 spiro atoms. The summed E-state index contributed by atoms with van der Waals surface area (Å²) in [6.45, 7) is 0. The van der Waals surface area contributed by atoms with Crippen LogP contribution < -0.4 is 10.7 Å². The summed E-state index contributed by atoms with van der Waals surface area (Å²) >= 11 is 12.9. The second-order valence-corrected chi connectivity index (χ2v) is 9.32. The van der Waals surface area contributed by atoms with Gasteiger partial charge in [-0.05, 0) is 80.6 Å². The van der Waals surface area contributed by atoms with E-state index in [-0.39, 0.29) is 5.54 Å². The number of rotatable bonds is 3. The smallest absolute Gasteiger partial charge is 0.187 e. The Balaban J connectivity index is 1.35. The van der Waals surface area contributed by atoms with Gasteiger partial charge in [-0.2, -0.15) is 5.10 Å². The second kappa shape index (κ2) is 5.77. The molecule has 0 unspecified atom stereocenters. The van der Waals surface area contributed by atoms with E-state index < -0.39 is 0 Å². The molecule has 2 N–H and O–H groups in total. The molecule has 1 heterocycles. The summed E-state index contributed by atoms with van der Waals surface area (Å²) in [5.41, 5.74) is 3.21. The lowest BCUT2D eigenvalue weighted by Crippen LogP contribution is -2.61. The van der Waals surface area contributed by atoms with Crippen molar-refractivity contribution in [2.75, 3.05) is 0 Å². The third-order valence-corrected chi connectivity index (χ3v) is 6.73. The average molecular weight is 354 g/mol. The Bertz CT molecular complexity index is 575. The van der Waals surface area contributed by atoms with E-state index in [4.69, 9.17) is 23.8 Å². The van der Waals surface area contributed by atoms with Crippen molar-refractivity contribution in [3.05, 3.63) is 21.3 Å². The highest BCUT2D eigenvalue weighted by Gasteiger charge is 2.51. The van der Waals surface area contributed by atoms with Crippen LogP contribution in [0.5, 0.6) is 0 Å². The summed E-state index contributed by atoms with van der Waals surface area (Å²) in [4.78, 5) is 1.02. The zero-order chi connectivity index (χ0) is 15.2. The molecule has 4 aliphatic carbocycles. The minimum Gasteiger partial charge on any atom is -0.356 e. The van der Waals surface area contributed by atoms with Gasteiger partial charge in [0, 0.05) is 10.4 Å². The van der Waals surface area contributed by atoms with Crippen LogP contribution in [0, 0.1) is 17.8 Å². The van der Waals surface area contributed by atoms with E-state index in [9.17, 15) is 0 Å². The molecule has 5 rings (SSSR count). The summed E-state index contributed by atoms with van der Waals surface area (Å²) in [7, 11) is 0. The molecule has 118 valence electrons. The van der Waals surface area contributed by atoms with Crippen molar-refractivity contribution in [2.45, 2.75) is 44.1 Å². The molecule has 0 amide bonds. The lowest BCUT2D eigenvalue weighted by Gasteiger charge is -2.57. The Morgan fingerprint density at radius 2 is 1.86 bits per heavy atom. The van der Waals surface area contributed by atoms with Gasteiger partial charge in [0.1, 0.15) is 0 Å². The first-order valence-electron chi connectivity index (χ1n) is 7.97. The monoisotopic (exact) mass is 353 g/mol.